The third kappa shape index (κ3) is 3.84. The molecular weight excluding hydrogens is 298 g/mol. The van der Waals surface area contributed by atoms with Crippen molar-refractivity contribution in [3.63, 3.8) is 0 Å². The number of hydrogen-bond donors (Lipinski definition) is 1. The van der Waals surface area contributed by atoms with Gasteiger partial charge in [0.05, 0.1) is 0 Å². The predicted molar refractivity (Wildman–Crippen MR) is 97.3 cm³/mol. The van der Waals surface area contributed by atoms with E-state index in [0.717, 1.165) is 16.9 Å². The van der Waals surface area contributed by atoms with Crippen molar-refractivity contribution in [2.75, 3.05) is 11.9 Å². The number of benzene rings is 2. The van der Waals surface area contributed by atoms with Crippen molar-refractivity contribution in [1.82, 2.24) is 9.47 Å². The Morgan fingerprint density at radius 2 is 1.62 bits per heavy atom. The molecule has 0 aliphatic rings. The van der Waals surface area contributed by atoms with Crippen LogP contribution in [0.5, 0.6) is 0 Å². The van der Waals surface area contributed by atoms with Crippen molar-refractivity contribution < 1.29 is 4.79 Å². The molecule has 0 atom stereocenters. The van der Waals surface area contributed by atoms with Gasteiger partial charge < -0.3 is 14.8 Å². The van der Waals surface area contributed by atoms with Crippen LogP contribution in [-0.4, -0.2) is 22.0 Å². The summed E-state index contributed by atoms with van der Waals surface area (Å²) in [6.07, 6.45) is 3.98. The van der Waals surface area contributed by atoms with Crippen LogP contribution in [0.3, 0.4) is 0 Å². The van der Waals surface area contributed by atoms with Gasteiger partial charge in [-0.2, -0.15) is 0 Å². The first kappa shape index (κ1) is 15.9. The number of carbonyl (C=O) groups is 1. The van der Waals surface area contributed by atoms with Crippen LogP contribution < -0.4 is 5.32 Å². The van der Waals surface area contributed by atoms with E-state index in [1.807, 2.05) is 90.6 Å². The largest absolute Gasteiger partial charge is 0.324 e. The van der Waals surface area contributed by atoms with E-state index in [9.17, 15) is 4.79 Å². The fourth-order valence-electron chi connectivity index (χ4n) is 2.56. The highest BCUT2D eigenvalue weighted by molar-refractivity contribution is 5.89. The van der Waals surface area contributed by atoms with Gasteiger partial charge in [0.2, 0.25) is 0 Å². The van der Waals surface area contributed by atoms with E-state index in [-0.39, 0.29) is 6.03 Å². The Morgan fingerprint density at radius 1 is 0.958 bits per heavy atom. The van der Waals surface area contributed by atoms with Gasteiger partial charge in [-0.05, 0) is 48.9 Å². The minimum atomic E-state index is -0.0879. The van der Waals surface area contributed by atoms with E-state index in [1.165, 1.54) is 0 Å². The average Bonchev–Trinajstić information content (AvgIpc) is 3.16. The molecule has 0 saturated heterocycles. The molecule has 0 aliphatic carbocycles. The smallest absolute Gasteiger partial charge is 0.322 e. The lowest BCUT2D eigenvalue weighted by molar-refractivity contribution is 0.212. The van der Waals surface area contributed by atoms with Crippen LogP contribution in [0.15, 0.2) is 79.1 Å². The van der Waals surface area contributed by atoms with Crippen molar-refractivity contribution in [2.24, 2.45) is 0 Å². The first-order chi connectivity index (χ1) is 11.8. The van der Waals surface area contributed by atoms with E-state index in [1.54, 1.807) is 4.90 Å². The molecule has 0 saturated carbocycles. The Balaban J connectivity index is 1.64. The third-order valence-corrected chi connectivity index (χ3v) is 3.91. The molecule has 4 nitrogen and oxygen atoms in total. The summed E-state index contributed by atoms with van der Waals surface area (Å²) in [6, 6.07) is 21.7. The van der Waals surface area contributed by atoms with Crippen LogP contribution >= 0.6 is 0 Å². The van der Waals surface area contributed by atoms with Gasteiger partial charge in [0.25, 0.3) is 0 Å². The Bertz CT molecular complexity index is 764. The molecule has 3 aromatic rings. The molecule has 122 valence electrons. The van der Waals surface area contributed by atoms with Crippen molar-refractivity contribution in [3.8, 4) is 5.69 Å². The van der Waals surface area contributed by atoms with E-state index in [0.29, 0.717) is 13.1 Å². The lowest BCUT2D eigenvalue weighted by atomic mass is 10.2. The molecule has 0 unspecified atom stereocenters. The summed E-state index contributed by atoms with van der Waals surface area (Å²) in [7, 11) is 0. The summed E-state index contributed by atoms with van der Waals surface area (Å²) in [4.78, 5) is 14.3. The van der Waals surface area contributed by atoms with Crippen LogP contribution in [0.1, 0.15) is 12.5 Å². The molecule has 1 heterocycles. The molecule has 3 rings (SSSR count). The SMILES string of the molecule is CCN(Cc1ccccc1)C(=O)Nc1ccc(-n2cccc2)cc1. The summed E-state index contributed by atoms with van der Waals surface area (Å²) in [5.41, 5.74) is 2.98. The lowest BCUT2D eigenvalue weighted by Gasteiger charge is -2.21. The van der Waals surface area contributed by atoms with Gasteiger partial charge in [-0.15, -0.1) is 0 Å². The number of carbonyl (C=O) groups excluding carboxylic acids is 1. The molecule has 2 aromatic carbocycles. The lowest BCUT2D eigenvalue weighted by Crippen LogP contribution is -2.34. The van der Waals surface area contributed by atoms with Crippen molar-refractivity contribution in [1.29, 1.82) is 0 Å². The van der Waals surface area contributed by atoms with Gasteiger partial charge in [-0.25, -0.2) is 4.79 Å². The number of amides is 2. The number of anilines is 1. The maximum atomic E-state index is 12.5. The molecule has 2 amide bonds. The topological polar surface area (TPSA) is 37.3 Å². The van der Waals surface area contributed by atoms with Crippen molar-refractivity contribution >= 4 is 11.7 Å². The third-order valence-electron chi connectivity index (χ3n) is 3.91. The first-order valence-electron chi connectivity index (χ1n) is 8.09. The van der Waals surface area contributed by atoms with Gasteiger partial charge in [-0.1, -0.05) is 30.3 Å². The van der Waals surface area contributed by atoms with Crippen LogP contribution in [0.25, 0.3) is 5.69 Å². The maximum absolute atomic E-state index is 12.5. The number of nitrogens with one attached hydrogen (secondary N) is 1. The molecule has 0 bridgehead atoms. The van der Waals surface area contributed by atoms with Crippen LogP contribution in [0.2, 0.25) is 0 Å². The van der Waals surface area contributed by atoms with Crippen LogP contribution in [0, 0.1) is 0 Å². The molecule has 1 N–H and O–H groups in total. The number of hydrogen-bond acceptors (Lipinski definition) is 1. The molecule has 0 spiro atoms. The van der Waals surface area contributed by atoms with Gasteiger partial charge in [-0.3, -0.25) is 0 Å². The van der Waals surface area contributed by atoms with Gasteiger partial charge >= 0.3 is 6.03 Å². The highest BCUT2D eigenvalue weighted by atomic mass is 16.2. The van der Waals surface area contributed by atoms with E-state index >= 15 is 0 Å². The molecule has 0 radical (unpaired) electrons. The monoisotopic (exact) mass is 319 g/mol. The van der Waals surface area contributed by atoms with Crippen LogP contribution in [-0.2, 0) is 6.54 Å². The highest BCUT2D eigenvalue weighted by Crippen LogP contribution is 2.14. The van der Waals surface area contributed by atoms with Crippen molar-refractivity contribution in [2.45, 2.75) is 13.5 Å². The van der Waals surface area contributed by atoms with E-state index in [2.05, 4.69) is 5.32 Å². The Hall–Kier alpha value is -3.01. The molecule has 0 aliphatic heterocycles. The number of nitrogens with zero attached hydrogens (tertiary/aromatic N) is 2. The fraction of sp³-hybridized carbons (Fsp3) is 0.150. The second kappa shape index (κ2) is 7.51. The zero-order chi connectivity index (χ0) is 16.8. The van der Waals surface area contributed by atoms with Crippen molar-refractivity contribution in [3.05, 3.63) is 84.7 Å². The van der Waals surface area contributed by atoms with E-state index < -0.39 is 0 Å². The maximum Gasteiger partial charge on any atom is 0.322 e. The second-order valence-corrected chi connectivity index (χ2v) is 5.57. The highest BCUT2D eigenvalue weighted by Gasteiger charge is 2.12. The Kier molecular flexibility index (Phi) is 4.96. The second-order valence-electron chi connectivity index (χ2n) is 5.57. The molecule has 0 fully saturated rings. The number of aromatic nitrogens is 1. The number of rotatable bonds is 5. The molecule has 24 heavy (non-hydrogen) atoms. The average molecular weight is 319 g/mol. The summed E-state index contributed by atoms with van der Waals surface area (Å²) in [5, 5.41) is 2.96. The standard InChI is InChI=1S/C20H21N3O/c1-2-22(16-17-8-4-3-5-9-17)20(24)21-18-10-12-19(13-11-18)23-14-6-7-15-23/h3-15H,2,16H2,1H3,(H,21,24). The van der Waals surface area contributed by atoms with E-state index in [4.69, 9.17) is 0 Å². The summed E-state index contributed by atoms with van der Waals surface area (Å²) in [6.45, 7) is 3.24. The Morgan fingerprint density at radius 3 is 2.25 bits per heavy atom. The predicted octanol–water partition coefficient (Wildman–Crippen LogP) is 4.53. The fourth-order valence-corrected chi connectivity index (χ4v) is 2.56. The summed E-state index contributed by atoms with van der Waals surface area (Å²) < 4.78 is 2.03. The normalized spacial score (nSPS) is 10.4. The quantitative estimate of drug-likeness (QED) is 0.737. The van der Waals surface area contributed by atoms with Gasteiger partial charge in [0, 0.05) is 36.9 Å². The molecule has 4 heteroatoms. The molecule has 1 aromatic heterocycles. The zero-order valence-corrected chi connectivity index (χ0v) is 13.7. The minimum Gasteiger partial charge on any atom is -0.324 e. The Labute approximate surface area is 142 Å². The molecular formula is C20H21N3O. The zero-order valence-electron chi connectivity index (χ0n) is 13.7. The first-order valence-corrected chi connectivity index (χ1v) is 8.09. The number of urea groups is 1. The summed E-state index contributed by atoms with van der Waals surface area (Å²) >= 11 is 0. The minimum absolute atomic E-state index is 0.0879. The van der Waals surface area contributed by atoms with Gasteiger partial charge in [0.1, 0.15) is 0 Å². The summed E-state index contributed by atoms with van der Waals surface area (Å²) in [5.74, 6) is 0. The van der Waals surface area contributed by atoms with Gasteiger partial charge in [0.15, 0.2) is 0 Å². The van der Waals surface area contributed by atoms with Crippen LogP contribution in [0.4, 0.5) is 10.5 Å².